The highest BCUT2D eigenvalue weighted by Gasteiger charge is 2.70. The molecular weight excluding hydrogens is 408 g/mol. The molecule has 0 spiro atoms. The maximum absolute atomic E-state index is 12.8. The molecule has 4 saturated carbocycles. The average Bonchev–Trinajstić information content (AvgIpc) is 2.70. The van der Waals surface area contributed by atoms with Crippen LogP contribution in [0.15, 0.2) is 11.6 Å². The Kier molecular flexibility index (Phi) is 4.99. The van der Waals surface area contributed by atoms with Crippen LogP contribution in [0.2, 0.25) is 0 Å². The van der Waals surface area contributed by atoms with Gasteiger partial charge in [0.1, 0.15) is 0 Å². The summed E-state index contributed by atoms with van der Waals surface area (Å²) in [5.74, 6) is 0.585. The molecule has 186 valence electrons. The Bertz CT molecular complexity index is 885. The summed E-state index contributed by atoms with van der Waals surface area (Å²) in [6, 6.07) is 0. The summed E-state index contributed by atoms with van der Waals surface area (Å²) in [6.07, 6.45) is 13.2. The van der Waals surface area contributed by atoms with Gasteiger partial charge in [-0.25, -0.2) is 0 Å². The summed E-state index contributed by atoms with van der Waals surface area (Å²) in [5.41, 5.74) is 0.423. The molecule has 0 heterocycles. The Morgan fingerprint density at radius 3 is 2.27 bits per heavy atom. The Morgan fingerprint density at radius 2 is 1.61 bits per heavy atom. The van der Waals surface area contributed by atoms with Crippen molar-refractivity contribution >= 4 is 5.97 Å². The quantitative estimate of drug-likeness (QED) is 0.409. The van der Waals surface area contributed by atoms with Gasteiger partial charge in [0.15, 0.2) is 0 Å². The highest BCUT2D eigenvalue weighted by molar-refractivity contribution is 5.77. The van der Waals surface area contributed by atoms with Gasteiger partial charge >= 0.3 is 5.97 Å². The molecule has 2 N–H and O–H groups in total. The van der Waals surface area contributed by atoms with Crippen molar-refractivity contribution < 1.29 is 15.0 Å². The van der Waals surface area contributed by atoms with E-state index >= 15 is 0 Å². The standard InChI is InChI=1S/C30H48O3/c1-19-11-16-30(24(31)32)18-17-27(5)20(23(30)29(19,7)33)9-10-22-26(4)14-8-13-25(2,3)21(26)12-15-28(22,27)6/h9,19,21-23,33H,8,10-18H2,1-7H3,(H,31,32)/t19-,21?,22?,23?,26+,27-,28-,29-,30+/m1/s1. The van der Waals surface area contributed by atoms with Gasteiger partial charge in [0.25, 0.3) is 0 Å². The molecule has 0 bridgehead atoms. The van der Waals surface area contributed by atoms with Crippen LogP contribution in [0.4, 0.5) is 0 Å². The lowest BCUT2D eigenvalue weighted by molar-refractivity contribution is -0.207. The number of aliphatic hydroxyl groups is 1. The Morgan fingerprint density at radius 1 is 0.909 bits per heavy atom. The van der Waals surface area contributed by atoms with Crippen LogP contribution in [0.5, 0.6) is 0 Å². The van der Waals surface area contributed by atoms with E-state index in [2.05, 4.69) is 47.6 Å². The number of rotatable bonds is 1. The monoisotopic (exact) mass is 456 g/mol. The zero-order chi connectivity index (χ0) is 24.2. The largest absolute Gasteiger partial charge is 0.481 e. The van der Waals surface area contributed by atoms with Gasteiger partial charge in [0, 0.05) is 5.92 Å². The lowest BCUT2D eigenvalue weighted by Crippen LogP contribution is -2.67. The van der Waals surface area contributed by atoms with Gasteiger partial charge in [-0.15, -0.1) is 0 Å². The molecule has 5 aliphatic carbocycles. The molecular formula is C30H48O3. The summed E-state index contributed by atoms with van der Waals surface area (Å²) in [4.78, 5) is 12.8. The number of hydrogen-bond donors (Lipinski definition) is 2. The molecule has 5 aliphatic rings. The number of carboxylic acids is 1. The number of carboxylic acid groups (broad SMARTS) is 1. The Hall–Kier alpha value is -0.830. The molecule has 0 radical (unpaired) electrons. The second-order valence-electron chi connectivity index (χ2n) is 14.7. The smallest absolute Gasteiger partial charge is 0.310 e. The van der Waals surface area contributed by atoms with Crippen molar-refractivity contribution in [1.82, 2.24) is 0 Å². The fourth-order valence-corrected chi connectivity index (χ4v) is 11.0. The summed E-state index contributed by atoms with van der Waals surface area (Å²) in [7, 11) is 0. The van der Waals surface area contributed by atoms with E-state index in [0.717, 1.165) is 25.2 Å². The summed E-state index contributed by atoms with van der Waals surface area (Å²) < 4.78 is 0. The van der Waals surface area contributed by atoms with E-state index in [1.165, 1.54) is 37.7 Å². The molecule has 4 fully saturated rings. The molecule has 3 nitrogen and oxygen atoms in total. The highest BCUT2D eigenvalue weighted by Crippen LogP contribution is 2.76. The average molecular weight is 457 g/mol. The van der Waals surface area contributed by atoms with E-state index in [1.807, 2.05) is 6.92 Å². The molecule has 9 atom stereocenters. The van der Waals surface area contributed by atoms with Crippen molar-refractivity contribution in [2.75, 3.05) is 0 Å². The zero-order valence-electron chi connectivity index (χ0n) is 22.3. The molecule has 0 amide bonds. The van der Waals surface area contributed by atoms with Crippen LogP contribution in [0.25, 0.3) is 0 Å². The number of fused-ring (bicyclic) bond motifs is 7. The molecule has 0 aromatic carbocycles. The van der Waals surface area contributed by atoms with Crippen LogP contribution in [0.3, 0.4) is 0 Å². The molecule has 0 aromatic rings. The fourth-order valence-electron chi connectivity index (χ4n) is 11.0. The van der Waals surface area contributed by atoms with Gasteiger partial charge in [-0.05, 0) is 104 Å². The van der Waals surface area contributed by atoms with Gasteiger partial charge in [-0.2, -0.15) is 0 Å². The van der Waals surface area contributed by atoms with E-state index in [9.17, 15) is 15.0 Å². The SMILES string of the molecule is C[C@@H]1CC[C@]2(C(=O)O)CC[C@]3(C)C(=CCC4[C@@]5(C)CCCC(C)(C)C5CC[C@]43C)C2[C@]1(C)O. The molecule has 0 saturated heterocycles. The first kappa shape index (κ1) is 23.9. The number of carbonyl (C=O) groups is 1. The third kappa shape index (κ3) is 2.75. The maximum atomic E-state index is 12.8. The van der Waals surface area contributed by atoms with Gasteiger partial charge in [-0.1, -0.05) is 59.6 Å². The normalized spacial score (nSPS) is 55.3. The summed E-state index contributed by atoms with van der Waals surface area (Å²) in [6.45, 7) is 16.7. The predicted molar refractivity (Wildman–Crippen MR) is 133 cm³/mol. The fraction of sp³-hybridized carbons (Fsp3) is 0.900. The van der Waals surface area contributed by atoms with E-state index in [1.54, 1.807) is 0 Å². The van der Waals surface area contributed by atoms with Crippen LogP contribution in [-0.2, 0) is 4.79 Å². The predicted octanol–water partition coefficient (Wildman–Crippen LogP) is 7.23. The first-order valence-electron chi connectivity index (χ1n) is 13.8. The molecule has 3 heteroatoms. The van der Waals surface area contributed by atoms with Gasteiger partial charge < -0.3 is 10.2 Å². The third-order valence-corrected chi connectivity index (χ3v) is 13.2. The second kappa shape index (κ2) is 6.89. The maximum Gasteiger partial charge on any atom is 0.310 e. The second-order valence-corrected chi connectivity index (χ2v) is 14.7. The van der Waals surface area contributed by atoms with Crippen molar-refractivity contribution in [3.8, 4) is 0 Å². The van der Waals surface area contributed by atoms with Gasteiger partial charge in [0.2, 0.25) is 0 Å². The van der Waals surface area contributed by atoms with Gasteiger partial charge in [0.05, 0.1) is 11.0 Å². The van der Waals surface area contributed by atoms with Crippen LogP contribution in [0.1, 0.15) is 113 Å². The number of allylic oxidation sites excluding steroid dienone is 1. The minimum atomic E-state index is -0.971. The molecule has 0 aliphatic heterocycles. The third-order valence-electron chi connectivity index (χ3n) is 13.2. The van der Waals surface area contributed by atoms with Gasteiger partial charge in [-0.3, -0.25) is 4.79 Å². The van der Waals surface area contributed by atoms with Crippen LogP contribution < -0.4 is 0 Å². The molecule has 0 aromatic heterocycles. The number of aliphatic carboxylic acids is 1. The first-order valence-corrected chi connectivity index (χ1v) is 13.8. The topological polar surface area (TPSA) is 57.5 Å². The minimum absolute atomic E-state index is 0.0316. The van der Waals surface area contributed by atoms with E-state index in [4.69, 9.17) is 0 Å². The Labute approximate surface area is 201 Å². The first-order chi connectivity index (χ1) is 15.2. The molecule has 33 heavy (non-hydrogen) atoms. The van der Waals surface area contributed by atoms with Crippen LogP contribution in [-0.4, -0.2) is 21.8 Å². The van der Waals surface area contributed by atoms with Crippen molar-refractivity contribution in [2.24, 2.45) is 50.7 Å². The zero-order valence-corrected chi connectivity index (χ0v) is 22.3. The van der Waals surface area contributed by atoms with E-state index < -0.39 is 17.0 Å². The highest BCUT2D eigenvalue weighted by atomic mass is 16.4. The summed E-state index contributed by atoms with van der Waals surface area (Å²) >= 11 is 0. The van der Waals surface area contributed by atoms with Crippen LogP contribution in [0, 0.1) is 50.7 Å². The van der Waals surface area contributed by atoms with Crippen molar-refractivity contribution in [3.05, 3.63) is 11.6 Å². The lowest BCUT2D eigenvalue weighted by atomic mass is 9.33. The molecule has 5 rings (SSSR count). The van der Waals surface area contributed by atoms with Crippen molar-refractivity contribution in [2.45, 2.75) is 118 Å². The van der Waals surface area contributed by atoms with E-state index in [0.29, 0.717) is 29.6 Å². The number of hydrogen-bond acceptors (Lipinski definition) is 2. The summed E-state index contributed by atoms with van der Waals surface area (Å²) in [5, 5.41) is 22.4. The Balaban J connectivity index is 1.65. The van der Waals surface area contributed by atoms with Crippen molar-refractivity contribution in [3.63, 3.8) is 0 Å². The minimum Gasteiger partial charge on any atom is -0.481 e. The lowest BCUT2D eigenvalue weighted by Gasteiger charge is -2.71. The van der Waals surface area contributed by atoms with Crippen molar-refractivity contribution in [1.29, 1.82) is 0 Å². The molecule has 3 unspecified atom stereocenters. The van der Waals surface area contributed by atoms with E-state index in [-0.39, 0.29) is 22.7 Å². The van der Waals surface area contributed by atoms with Crippen LogP contribution >= 0.6 is 0 Å².